The van der Waals surface area contributed by atoms with E-state index < -0.39 is 29.0 Å². The zero-order chi connectivity index (χ0) is 15.6. The van der Waals surface area contributed by atoms with Crippen LogP contribution < -0.4 is 5.32 Å². The number of alkyl halides is 3. The molecule has 2 aromatic rings. The molecular formula is C13H7BrF4N2O. The van der Waals surface area contributed by atoms with Crippen LogP contribution in [0, 0.1) is 5.82 Å². The third-order valence-electron chi connectivity index (χ3n) is 2.51. The van der Waals surface area contributed by atoms with Crippen LogP contribution in [0.3, 0.4) is 0 Å². The zero-order valence-electron chi connectivity index (χ0n) is 10.2. The lowest BCUT2D eigenvalue weighted by Gasteiger charge is -2.11. The first-order valence-electron chi connectivity index (χ1n) is 5.57. The fourth-order valence-electron chi connectivity index (χ4n) is 1.58. The van der Waals surface area contributed by atoms with Gasteiger partial charge in [-0.1, -0.05) is 22.0 Å². The Labute approximate surface area is 125 Å². The van der Waals surface area contributed by atoms with Crippen molar-refractivity contribution in [3.8, 4) is 0 Å². The van der Waals surface area contributed by atoms with Crippen molar-refractivity contribution >= 4 is 27.7 Å². The number of pyridine rings is 1. The van der Waals surface area contributed by atoms with Gasteiger partial charge in [0, 0.05) is 10.7 Å². The highest BCUT2D eigenvalue weighted by molar-refractivity contribution is 9.10. The number of rotatable bonds is 2. The Balaban J connectivity index is 2.32. The minimum absolute atomic E-state index is 0.0891. The second-order valence-electron chi connectivity index (χ2n) is 3.98. The molecule has 1 N–H and O–H groups in total. The molecule has 1 aromatic carbocycles. The average molecular weight is 363 g/mol. The van der Waals surface area contributed by atoms with E-state index in [0.717, 1.165) is 12.1 Å². The highest BCUT2D eigenvalue weighted by Gasteiger charge is 2.35. The van der Waals surface area contributed by atoms with Crippen molar-refractivity contribution in [1.82, 2.24) is 4.98 Å². The number of nitrogens with zero attached hydrogens (tertiary/aromatic N) is 1. The third kappa shape index (κ3) is 3.57. The van der Waals surface area contributed by atoms with Crippen molar-refractivity contribution < 1.29 is 22.4 Å². The molecule has 1 aromatic heterocycles. The van der Waals surface area contributed by atoms with Gasteiger partial charge in [-0.2, -0.15) is 13.2 Å². The summed E-state index contributed by atoms with van der Waals surface area (Å²) < 4.78 is 52.1. The predicted molar refractivity (Wildman–Crippen MR) is 71.3 cm³/mol. The Morgan fingerprint density at radius 1 is 1.24 bits per heavy atom. The number of hydrogen-bond acceptors (Lipinski definition) is 2. The minimum atomic E-state index is -4.87. The maximum atomic E-state index is 13.8. The molecule has 0 saturated carbocycles. The predicted octanol–water partition coefficient (Wildman–Crippen LogP) is 4.25. The summed E-state index contributed by atoms with van der Waals surface area (Å²) in [5.74, 6) is -2.53. The molecule has 0 radical (unpaired) electrons. The number of hydrogen-bond donors (Lipinski definition) is 1. The number of halogens is 5. The van der Waals surface area contributed by atoms with Crippen LogP contribution in [0.1, 0.15) is 15.9 Å². The van der Waals surface area contributed by atoms with Crippen LogP contribution in [-0.4, -0.2) is 10.9 Å². The largest absolute Gasteiger partial charge is 0.419 e. The molecular weight excluding hydrogens is 356 g/mol. The second kappa shape index (κ2) is 5.80. The maximum Gasteiger partial charge on any atom is 0.419 e. The smallest absolute Gasteiger partial charge is 0.306 e. The lowest BCUT2D eigenvalue weighted by Crippen LogP contribution is -2.18. The molecule has 21 heavy (non-hydrogen) atoms. The van der Waals surface area contributed by atoms with E-state index in [-0.39, 0.29) is 5.82 Å². The summed E-state index contributed by atoms with van der Waals surface area (Å²) in [6.07, 6.45) is -3.49. The number of nitrogens with one attached hydrogen (secondary N) is 1. The van der Waals surface area contributed by atoms with Gasteiger partial charge < -0.3 is 5.32 Å². The zero-order valence-corrected chi connectivity index (χ0v) is 11.8. The van der Waals surface area contributed by atoms with E-state index in [1.165, 1.54) is 12.3 Å². The topological polar surface area (TPSA) is 42.0 Å². The fraction of sp³-hybridized carbons (Fsp3) is 0.0769. The van der Waals surface area contributed by atoms with Crippen molar-refractivity contribution in [2.24, 2.45) is 0 Å². The first-order chi connectivity index (χ1) is 9.79. The van der Waals surface area contributed by atoms with Crippen molar-refractivity contribution in [2.75, 3.05) is 5.32 Å². The van der Waals surface area contributed by atoms with Gasteiger partial charge in [0.1, 0.15) is 11.6 Å². The van der Waals surface area contributed by atoms with E-state index in [2.05, 4.69) is 26.2 Å². The molecule has 0 aliphatic heterocycles. The van der Waals surface area contributed by atoms with Gasteiger partial charge in [0.05, 0.1) is 11.1 Å². The van der Waals surface area contributed by atoms with Crippen molar-refractivity contribution in [1.29, 1.82) is 0 Å². The van der Waals surface area contributed by atoms with E-state index in [1.807, 2.05) is 0 Å². The normalized spacial score (nSPS) is 11.3. The molecule has 1 heterocycles. The molecule has 0 unspecified atom stereocenters. The molecule has 0 fully saturated rings. The van der Waals surface area contributed by atoms with Crippen LogP contribution in [0.15, 0.2) is 41.0 Å². The average Bonchev–Trinajstić information content (AvgIpc) is 2.37. The summed E-state index contributed by atoms with van der Waals surface area (Å²) >= 11 is 3.15. The summed E-state index contributed by atoms with van der Waals surface area (Å²) in [5.41, 5.74) is -2.19. The van der Waals surface area contributed by atoms with Crippen LogP contribution in [0.25, 0.3) is 0 Å². The second-order valence-corrected chi connectivity index (χ2v) is 4.89. The lowest BCUT2D eigenvalue weighted by atomic mass is 10.1. The van der Waals surface area contributed by atoms with E-state index in [4.69, 9.17) is 0 Å². The molecule has 3 nitrogen and oxygen atoms in total. The number of benzene rings is 1. The van der Waals surface area contributed by atoms with Gasteiger partial charge in [0.2, 0.25) is 0 Å². The fourth-order valence-corrected chi connectivity index (χ4v) is 1.92. The summed E-state index contributed by atoms with van der Waals surface area (Å²) in [5, 5.41) is 2.23. The van der Waals surface area contributed by atoms with Gasteiger partial charge in [-0.25, -0.2) is 9.37 Å². The summed E-state index contributed by atoms with van der Waals surface area (Å²) in [7, 11) is 0. The number of amides is 1. The van der Waals surface area contributed by atoms with Crippen molar-refractivity contribution in [3.05, 3.63) is 57.9 Å². The van der Waals surface area contributed by atoms with E-state index in [0.29, 0.717) is 10.5 Å². The molecule has 0 aliphatic rings. The van der Waals surface area contributed by atoms with E-state index in [9.17, 15) is 22.4 Å². The molecule has 2 rings (SSSR count). The van der Waals surface area contributed by atoms with Crippen LogP contribution in [-0.2, 0) is 6.18 Å². The van der Waals surface area contributed by atoms with Gasteiger partial charge in [-0.05, 0) is 24.3 Å². The maximum absolute atomic E-state index is 13.8. The summed E-state index contributed by atoms with van der Waals surface area (Å²) in [4.78, 5) is 15.7. The van der Waals surface area contributed by atoms with E-state index in [1.54, 1.807) is 6.07 Å². The standard InChI is InChI=1S/C13H7BrF4N2O/c14-7-4-5-19-10(6-7)20-12(21)8-2-1-3-9(11(8)15)13(16,17)18/h1-6H,(H,19,20,21). The molecule has 0 atom stereocenters. The number of aromatic nitrogens is 1. The molecule has 0 bridgehead atoms. The SMILES string of the molecule is O=C(Nc1cc(Br)ccn1)c1cccc(C(F)(F)F)c1F. The van der Waals surface area contributed by atoms with Crippen molar-refractivity contribution in [3.63, 3.8) is 0 Å². The Morgan fingerprint density at radius 2 is 1.95 bits per heavy atom. The number of anilines is 1. The van der Waals surface area contributed by atoms with Gasteiger partial charge in [-0.3, -0.25) is 4.79 Å². The summed E-state index contributed by atoms with van der Waals surface area (Å²) in [6.45, 7) is 0. The van der Waals surface area contributed by atoms with Crippen LogP contribution in [0.4, 0.5) is 23.4 Å². The Kier molecular flexibility index (Phi) is 4.26. The minimum Gasteiger partial charge on any atom is -0.306 e. The molecule has 0 saturated heterocycles. The Morgan fingerprint density at radius 3 is 2.57 bits per heavy atom. The Bertz CT molecular complexity index is 688. The van der Waals surface area contributed by atoms with Crippen LogP contribution >= 0.6 is 15.9 Å². The first-order valence-corrected chi connectivity index (χ1v) is 6.37. The molecule has 0 aliphatic carbocycles. The molecule has 8 heteroatoms. The quantitative estimate of drug-likeness (QED) is 0.811. The van der Waals surface area contributed by atoms with Crippen molar-refractivity contribution in [2.45, 2.75) is 6.18 Å². The first kappa shape index (κ1) is 15.4. The molecule has 1 amide bonds. The lowest BCUT2D eigenvalue weighted by molar-refractivity contribution is -0.140. The van der Waals surface area contributed by atoms with Gasteiger partial charge in [-0.15, -0.1) is 0 Å². The van der Waals surface area contributed by atoms with Crippen LogP contribution in [0.5, 0.6) is 0 Å². The highest BCUT2D eigenvalue weighted by Crippen LogP contribution is 2.32. The highest BCUT2D eigenvalue weighted by atomic mass is 79.9. The monoisotopic (exact) mass is 362 g/mol. The van der Waals surface area contributed by atoms with E-state index >= 15 is 0 Å². The number of carbonyl (C=O) groups is 1. The molecule has 0 spiro atoms. The third-order valence-corrected chi connectivity index (χ3v) is 3.01. The summed E-state index contributed by atoms with van der Waals surface area (Å²) in [6, 6.07) is 5.54. The van der Waals surface area contributed by atoms with Gasteiger partial charge in [0.15, 0.2) is 0 Å². The van der Waals surface area contributed by atoms with Gasteiger partial charge >= 0.3 is 6.18 Å². The van der Waals surface area contributed by atoms with Gasteiger partial charge in [0.25, 0.3) is 5.91 Å². The Hall–Kier alpha value is -1.96. The van der Waals surface area contributed by atoms with Crippen LogP contribution in [0.2, 0.25) is 0 Å². The molecule has 110 valence electrons. The number of carbonyl (C=O) groups excluding carboxylic acids is 1.